The zero-order valence-electron chi connectivity index (χ0n) is 10.8. The van der Waals surface area contributed by atoms with Crippen molar-refractivity contribution >= 4 is 48.3 Å². The largest absolute Gasteiger partial charge is 3.00 e. The van der Waals surface area contributed by atoms with E-state index in [-0.39, 0.29) is 54.0 Å². The zero-order valence-corrected chi connectivity index (χ0v) is 15.4. The summed E-state index contributed by atoms with van der Waals surface area (Å²) < 4.78 is 0. The summed E-state index contributed by atoms with van der Waals surface area (Å²) in [4.78, 5) is 38.5. The summed E-state index contributed by atoms with van der Waals surface area (Å²) in [7, 11) is 0. The van der Waals surface area contributed by atoms with Crippen LogP contribution in [0.3, 0.4) is 0 Å². The number of carboxylic acid groups (broad SMARTS) is 4. The van der Waals surface area contributed by atoms with Crippen LogP contribution < -0.4 is 50.0 Å². The first-order valence-corrected chi connectivity index (χ1v) is 4.49. The van der Waals surface area contributed by atoms with Crippen LogP contribution in [0.25, 0.3) is 0 Å². The predicted octanol–water partition coefficient (Wildman–Crippen LogP) is -13.0. The molecule has 0 unspecified atom stereocenters. The second kappa shape index (κ2) is 14.2. The van der Waals surface area contributed by atoms with E-state index in [0.29, 0.717) is 0 Å². The number of carbonyl (C=O) groups is 4. The van der Waals surface area contributed by atoms with Gasteiger partial charge in [0.15, 0.2) is 0 Å². The van der Waals surface area contributed by atoms with E-state index in [9.17, 15) is 39.6 Å². The van der Waals surface area contributed by atoms with E-state index in [4.69, 9.17) is 20.4 Å². The Morgan fingerprint density at radius 3 is 0.682 bits per heavy atom. The molecule has 4 atom stereocenters. The minimum absolute atomic E-state index is 0. The maximum Gasteiger partial charge on any atom is 3.00 e. The topological polar surface area (TPSA) is 241 Å². The van der Waals surface area contributed by atoms with E-state index in [1.807, 2.05) is 0 Å². The first kappa shape index (κ1) is 29.5. The van der Waals surface area contributed by atoms with Crippen LogP contribution in [0, 0.1) is 0 Å². The molecule has 0 aromatic rings. The molecule has 0 saturated carbocycles. The Bertz CT molecular complexity index is 315. The third-order valence-corrected chi connectivity index (χ3v) is 1.56. The number of hydrogen-bond donors (Lipinski definition) is 4. The van der Waals surface area contributed by atoms with Gasteiger partial charge < -0.3 is 60.0 Å². The maximum absolute atomic E-state index is 9.63. The second-order valence-corrected chi connectivity index (χ2v) is 3.06. The summed E-state index contributed by atoms with van der Waals surface area (Å²) in [5.41, 5.74) is 0. The van der Waals surface area contributed by atoms with E-state index in [2.05, 4.69) is 0 Å². The molecular weight excluding hydrogens is 433 g/mol. The third-order valence-electron chi connectivity index (χ3n) is 1.56. The van der Waals surface area contributed by atoms with Gasteiger partial charge in [0, 0.05) is 0 Å². The van der Waals surface area contributed by atoms with Gasteiger partial charge in [-0.3, -0.25) is 0 Å². The molecule has 0 heterocycles. The molecule has 0 saturated heterocycles. The molecule has 22 heavy (non-hydrogen) atoms. The van der Waals surface area contributed by atoms with Crippen molar-refractivity contribution < 1.29 is 89.6 Å². The smallest absolute Gasteiger partial charge is 0.547 e. The molecule has 14 heteroatoms. The van der Waals surface area contributed by atoms with Crippen molar-refractivity contribution in [1.29, 1.82) is 0 Å². The molecule has 0 aliphatic carbocycles. The average Bonchev–Trinajstić information content (AvgIpc) is 2.35. The Morgan fingerprint density at radius 1 is 0.545 bits per heavy atom. The molecule has 0 aromatic carbocycles. The van der Waals surface area contributed by atoms with Gasteiger partial charge in [-0.2, -0.15) is 0 Å². The van der Waals surface area contributed by atoms with Crippen molar-refractivity contribution in [2.75, 3.05) is 0 Å². The average molecular weight is 441 g/mol. The summed E-state index contributed by atoms with van der Waals surface area (Å²) in [6, 6.07) is 0. The predicted molar refractivity (Wildman–Crippen MR) is 49.8 cm³/mol. The summed E-state index contributed by atoms with van der Waals surface area (Å²) in [5, 5.41) is 71.5. The first-order chi connectivity index (χ1) is 8.93. The molecule has 2 radical (unpaired) electrons. The number of aliphatic carboxylic acids is 4. The molecule has 0 aliphatic heterocycles. The SMILES string of the molecule is O=C([O-])[C@H](O)[C@@H](O)C(=O)[O-].O=C([O-])[C@H](O)[C@@H](O)C(=O)[O-].[Na+].[Sb+3]. The number of rotatable bonds is 6. The Labute approximate surface area is 161 Å². The molecule has 118 valence electrons. The summed E-state index contributed by atoms with van der Waals surface area (Å²) >= 11 is 0. The molecule has 12 nitrogen and oxygen atoms in total. The van der Waals surface area contributed by atoms with E-state index < -0.39 is 48.3 Å². The molecular formula is C8H8NaO12Sb. The fraction of sp³-hybridized carbons (Fsp3) is 0.500. The first-order valence-electron chi connectivity index (χ1n) is 4.49. The molecule has 0 amide bonds. The number of hydrogen-bond acceptors (Lipinski definition) is 12. The monoisotopic (exact) mass is 440 g/mol. The maximum atomic E-state index is 9.63. The number of carboxylic acids is 4. The van der Waals surface area contributed by atoms with Crippen molar-refractivity contribution in [2.24, 2.45) is 0 Å². The van der Waals surface area contributed by atoms with Gasteiger partial charge in [-0.1, -0.05) is 0 Å². The van der Waals surface area contributed by atoms with Crippen LogP contribution >= 0.6 is 0 Å². The standard InChI is InChI=1S/2C4H6O6.Na.Sb/c2*5-1(3(7)8)2(6)4(9)10;;/h2*1-2,5-6H,(H,7,8)(H,9,10);;/q;;+1;+3/p-4/t2*1-,2-;;/m11../s1. The van der Waals surface area contributed by atoms with E-state index in [0.717, 1.165) is 0 Å². The van der Waals surface area contributed by atoms with Crippen molar-refractivity contribution in [2.45, 2.75) is 24.4 Å². The van der Waals surface area contributed by atoms with Crippen molar-refractivity contribution in [3.63, 3.8) is 0 Å². The summed E-state index contributed by atoms with van der Waals surface area (Å²) in [5.74, 6) is -8.23. The Hall–Kier alpha value is -0.462. The van der Waals surface area contributed by atoms with Crippen molar-refractivity contribution in [3.8, 4) is 0 Å². The Kier molecular flexibility index (Phi) is 19.0. The fourth-order valence-corrected chi connectivity index (χ4v) is 0.516. The summed E-state index contributed by atoms with van der Waals surface area (Å²) in [6.07, 6.45) is -9.76. The van der Waals surface area contributed by atoms with Crippen LogP contribution in [0.1, 0.15) is 0 Å². The number of carbonyl (C=O) groups excluding carboxylic acids is 4. The molecule has 0 fully saturated rings. The molecule has 0 spiro atoms. The quantitative estimate of drug-likeness (QED) is 0.281. The normalized spacial score (nSPS) is 14.4. The zero-order chi connectivity index (χ0) is 16.6. The van der Waals surface area contributed by atoms with Crippen LogP contribution in [0.5, 0.6) is 0 Å². The van der Waals surface area contributed by atoms with E-state index in [1.165, 1.54) is 0 Å². The molecule has 0 aliphatic rings. The van der Waals surface area contributed by atoms with Gasteiger partial charge in [0.2, 0.25) is 0 Å². The number of aliphatic hydroxyl groups is 4. The van der Waals surface area contributed by atoms with Crippen molar-refractivity contribution in [3.05, 3.63) is 0 Å². The van der Waals surface area contributed by atoms with Crippen LogP contribution in [-0.4, -0.2) is 93.1 Å². The molecule has 0 rings (SSSR count). The van der Waals surface area contributed by atoms with Gasteiger partial charge in [0.05, 0.1) is 23.9 Å². The molecule has 4 N–H and O–H groups in total. The van der Waals surface area contributed by atoms with Crippen LogP contribution in [-0.2, 0) is 19.2 Å². The van der Waals surface area contributed by atoms with E-state index in [1.54, 1.807) is 0 Å². The Morgan fingerprint density at radius 2 is 0.636 bits per heavy atom. The molecule has 0 aromatic heterocycles. The minimum Gasteiger partial charge on any atom is -0.547 e. The summed E-state index contributed by atoms with van der Waals surface area (Å²) in [6.45, 7) is 0. The van der Waals surface area contributed by atoms with Gasteiger partial charge >= 0.3 is 54.0 Å². The third kappa shape index (κ3) is 12.1. The van der Waals surface area contributed by atoms with Gasteiger partial charge in [-0.05, 0) is 0 Å². The minimum atomic E-state index is -2.44. The molecule has 0 bridgehead atoms. The van der Waals surface area contributed by atoms with Crippen LogP contribution in [0.15, 0.2) is 0 Å². The van der Waals surface area contributed by atoms with Crippen LogP contribution in [0.4, 0.5) is 0 Å². The van der Waals surface area contributed by atoms with Gasteiger partial charge in [-0.15, -0.1) is 0 Å². The van der Waals surface area contributed by atoms with Gasteiger partial charge in [0.1, 0.15) is 24.4 Å². The fourth-order valence-electron chi connectivity index (χ4n) is 0.516. The van der Waals surface area contributed by atoms with Gasteiger partial charge in [0.25, 0.3) is 0 Å². The number of aliphatic hydroxyl groups excluding tert-OH is 4. The van der Waals surface area contributed by atoms with Crippen molar-refractivity contribution in [1.82, 2.24) is 0 Å². The van der Waals surface area contributed by atoms with E-state index >= 15 is 0 Å². The van der Waals surface area contributed by atoms with Gasteiger partial charge in [-0.25, -0.2) is 0 Å². The Balaban J connectivity index is -0.000000135. The van der Waals surface area contributed by atoms with Crippen LogP contribution in [0.2, 0.25) is 0 Å². The second-order valence-electron chi connectivity index (χ2n) is 3.06.